The molecule has 1 rings (SSSR count). The van der Waals surface area contributed by atoms with Crippen LogP contribution in [0, 0.1) is 11.8 Å². The summed E-state index contributed by atoms with van der Waals surface area (Å²) in [4.78, 5) is 0. The minimum Gasteiger partial charge on any atom is -0.396 e. The first-order chi connectivity index (χ1) is 6.37. The quantitative estimate of drug-likeness (QED) is 0.693. The van der Waals surface area contributed by atoms with E-state index < -0.39 is 14.6 Å². The Kier molecular flexibility index (Phi) is 3.23. The number of hydrogen-bond donors (Lipinski definition) is 2. The molecule has 1 fully saturated rings. The van der Waals surface area contributed by atoms with Crippen molar-refractivity contribution in [1.82, 2.24) is 0 Å². The van der Waals surface area contributed by atoms with Crippen molar-refractivity contribution in [2.45, 2.75) is 24.5 Å². The molecule has 14 heavy (non-hydrogen) atoms. The molecule has 3 atom stereocenters. The Hall–Kier alpha value is -0.130. The molecule has 0 aromatic rings. The standard InChI is InChI=1S/C9H18O4S/c1-7-3-8(5-10)4-9(7,6-11)14(2,12)13/h7-8,10-11H,3-6H2,1-2H3/t7-,8-,9-/m0/s1. The zero-order valence-corrected chi connectivity index (χ0v) is 9.42. The lowest BCUT2D eigenvalue weighted by Gasteiger charge is -2.29. The maximum Gasteiger partial charge on any atom is 0.155 e. The predicted molar refractivity (Wildman–Crippen MR) is 53.6 cm³/mol. The van der Waals surface area contributed by atoms with Crippen molar-refractivity contribution in [3.63, 3.8) is 0 Å². The molecule has 0 heterocycles. The second-order valence-electron chi connectivity index (χ2n) is 4.38. The lowest BCUT2D eigenvalue weighted by atomic mass is 9.98. The fourth-order valence-electron chi connectivity index (χ4n) is 2.48. The van der Waals surface area contributed by atoms with Gasteiger partial charge in [-0.15, -0.1) is 0 Å². The molecule has 0 spiro atoms. The number of aliphatic hydroxyl groups is 2. The van der Waals surface area contributed by atoms with Crippen LogP contribution in [0.1, 0.15) is 19.8 Å². The first-order valence-electron chi connectivity index (χ1n) is 4.78. The van der Waals surface area contributed by atoms with Gasteiger partial charge in [-0.1, -0.05) is 6.92 Å². The molecule has 0 aliphatic heterocycles. The van der Waals surface area contributed by atoms with E-state index in [1.807, 2.05) is 6.92 Å². The highest BCUT2D eigenvalue weighted by molar-refractivity contribution is 7.92. The second kappa shape index (κ2) is 3.79. The first kappa shape index (κ1) is 11.9. The molecule has 1 aliphatic rings. The molecular formula is C9H18O4S. The van der Waals surface area contributed by atoms with Gasteiger partial charge in [0.15, 0.2) is 9.84 Å². The third kappa shape index (κ3) is 1.68. The molecule has 1 aliphatic carbocycles. The summed E-state index contributed by atoms with van der Waals surface area (Å²) >= 11 is 0. The summed E-state index contributed by atoms with van der Waals surface area (Å²) in [6.07, 6.45) is 2.21. The van der Waals surface area contributed by atoms with Crippen LogP contribution in [0.25, 0.3) is 0 Å². The van der Waals surface area contributed by atoms with Crippen LogP contribution in [0.2, 0.25) is 0 Å². The van der Waals surface area contributed by atoms with Crippen LogP contribution in [0.15, 0.2) is 0 Å². The zero-order chi connectivity index (χ0) is 11.0. The van der Waals surface area contributed by atoms with Crippen molar-refractivity contribution < 1.29 is 18.6 Å². The summed E-state index contributed by atoms with van der Waals surface area (Å²) in [5, 5.41) is 18.3. The third-order valence-electron chi connectivity index (χ3n) is 3.48. The molecular weight excluding hydrogens is 204 g/mol. The van der Waals surface area contributed by atoms with E-state index in [0.717, 1.165) is 0 Å². The van der Waals surface area contributed by atoms with Gasteiger partial charge in [0.05, 0.1) is 11.4 Å². The molecule has 0 aromatic carbocycles. The molecule has 0 radical (unpaired) electrons. The van der Waals surface area contributed by atoms with E-state index in [0.29, 0.717) is 12.8 Å². The summed E-state index contributed by atoms with van der Waals surface area (Å²) in [5.41, 5.74) is 0. The van der Waals surface area contributed by atoms with Gasteiger partial charge in [0.25, 0.3) is 0 Å². The number of aliphatic hydroxyl groups excluding tert-OH is 2. The maximum absolute atomic E-state index is 11.6. The van der Waals surface area contributed by atoms with Crippen LogP contribution in [0.3, 0.4) is 0 Å². The van der Waals surface area contributed by atoms with Crippen LogP contribution >= 0.6 is 0 Å². The van der Waals surface area contributed by atoms with Crippen LogP contribution < -0.4 is 0 Å². The number of hydrogen-bond acceptors (Lipinski definition) is 4. The minimum atomic E-state index is -3.27. The lowest BCUT2D eigenvalue weighted by Crippen LogP contribution is -2.44. The van der Waals surface area contributed by atoms with Gasteiger partial charge in [-0.25, -0.2) is 8.42 Å². The molecule has 1 saturated carbocycles. The highest BCUT2D eigenvalue weighted by atomic mass is 32.2. The Morgan fingerprint density at radius 1 is 1.43 bits per heavy atom. The Morgan fingerprint density at radius 3 is 2.21 bits per heavy atom. The average Bonchev–Trinajstić information content (AvgIpc) is 2.42. The van der Waals surface area contributed by atoms with Gasteiger partial charge in [0.2, 0.25) is 0 Å². The highest BCUT2D eigenvalue weighted by Gasteiger charge is 2.51. The van der Waals surface area contributed by atoms with Crippen LogP contribution in [0.5, 0.6) is 0 Å². The summed E-state index contributed by atoms with van der Waals surface area (Å²) in [6.45, 7) is 1.48. The summed E-state index contributed by atoms with van der Waals surface area (Å²) in [5.74, 6) is -0.0773. The van der Waals surface area contributed by atoms with E-state index in [4.69, 9.17) is 5.11 Å². The fourth-order valence-corrected chi connectivity index (χ4v) is 4.08. The molecule has 0 aromatic heterocycles. The fraction of sp³-hybridized carbons (Fsp3) is 1.00. The van der Waals surface area contributed by atoms with Crippen molar-refractivity contribution in [2.24, 2.45) is 11.8 Å². The van der Waals surface area contributed by atoms with E-state index in [1.165, 1.54) is 6.26 Å². The number of sulfone groups is 1. The van der Waals surface area contributed by atoms with Gasteiger partial charge in [-0.2, -0.15) is 0 Å². The predicted octanol–water partition coefficient (Wildman–Crippen LogP) is -0.200. The molecule has 0 unspecified atom stereocenters. The van der Waals surface area contributed by atoms with Crippen LogP contribution in [0.4, 0.5) is 0 Å². The SMILES string of the molecule is C[C@H]1C[C@H](CO)C[C@@]1(CO)S(C)(=O)=O. The number of rotatable bonds is 3. The van der Waals surface area contributed by atoms with E-state index in [1.54, 1.807) is 0 Å². The summed E-state index contributed by atoms with van der Waals surface area (Å²) in [6, 6.07) is 0. The molecule has 0 bridgehead atoms. The van der Waals surface area contributed by atoms with Crippen molar-refractivity contribution in [1.29, 1.82) is 0 Å². The molecule has 4 nitrogen and oxygen atoms in total. The first-order valence-corrected chi connectivity index (χ1v) is 6.68. The van der Waals surface area contributed by atoms with Gasteiger partial charge in [-0.05, 0) is 24.7 Å². The second-order valence-corrected chi connectivity index (χ2v) is 6.74. The normalized spacial score (nSPS) is 38.9. The van der Waals surface area contributed by atoms with E-state index in [2.05, 4.69) is 0 Å². The molecule has 84 valence electrons. The maximum atomic E-state index is 11.6. The lowest BCUT2D eigenvalue weighted by molar-refractivity contribution is 0.205. The average molecular weight is 222 g/mol. The Morgan fingerprint density at radius 2 is 2.00 bits per heavy atom. The van der Waals surface area contributed by atoms with Crippen LogP contribution in [-0.2, 0) is 9.84 Å². The Bertz CT molecular complexity index is 298. The van der Waals surface area contributed by atoms with E-state index in [-0.39, 0.29) is 25.0 Å². The van der Waals surface area contributed by atoms with Gasteiger partial charge in [0.1, 0.15) is 0 Å². The van der Waals surface area contributed by atoms with Gasteiger partial charge >= 0.3 is 0 Å². The van der Waals surface area contributed by atoms with Gasteiger partial charge < -0.3 is 10.2 Å². The van der Waals surface area contributed by atoms with E-state index >= 15 is 0 Å². The summed E-state index contributed by atoms with van der Waals surface area (Å²) in [7, 11) is -3.27. The smallest absolute Gasteiger partial charge is 0.155 e. The topological polar surface area (TPSA) is 74.6 Å². The van der Waals surface area contributed by atoms with Crippen molar-refractivity contribution in [2.75, 3.05) is 19.5 Å². The van der Waals surface area contributed by atoms with E-state index in [9.17, 15) is 13.5 Å². The third-order valence-corrected chi connectivity index (χ3v) is 5.66. The monoisotopic (exact) mass is 222 g/mol. The Labute approximate surface area is 84.9 Å². The summed E-state index contributed by atoms with van der Waals surface area (Å²) < 4.78 is 22.2. The van der Waals surface area contributed by atoms with Crippen LogP contribution in [-0.4, -0.2) is 42.8 Å². The molecule has 5 heteroatoms. The van der Waals surface area contributed by atoms with Gasteiger partial charge in [-0.3, -0.25) is 0 Å². The highest BCUT2D eigenvalue weighted by Crippen LogP contribution is 2.44. The molecule has 0 amide bonds. The van der Waals surface area contributed by atoms with Crippen molar-refractivity contribution >= 4 is 9.84 Å². The minimum absolute atomic E-state index is 0.00160. The van der Waals surface area contributed by atoms with Gasteiger partial charge in [0, 0.05) is 12.9 Å². The Balaban J connectivity index is 3.03. The van der Waals surface area contributed by atoms with Crippen molar-refractivity contribution in [3.8, 4) is 0 Å². The van der Waals surface area contributed by atoms with Crippen molar-refractivity contribution in [3.05, 3.63) is 0 Å². The molecule has 0 saturated heterocycles. The zero-order valence-electron chi connectivity index (χ0n) is 8.60. The molecule has 2 N–H and O–H groups in total. The largest absolute Gasteiger partial charge is 0.396 e.